The maximum atomic E-state index is 5.69. The summed E-state index contributed by atoms with van der Waals surface area (Å²) in [6, 6.07) is 7.86. The number of morpholine rings is 1. The van der Waals surface area contributed by atoms with Crippen molar-refractivity contribution >= 4 is 0 Å². The van der Waals surface area contributed by atoms with Gasteiger partial charge in [-0.1, -0.05) is 18.2 Å². The summed E-state index contributed by atoms with van der Waals surface area (Å²) in [5, 5.41) is 0. The van der Waals surface area contributed by atoms with Gasteiger partial charge in [0.25, 0.3) is 0 Å². The lowest BCUT2D eigenvalue weighted by molar-refractivity contribution is 0.0322. The molecule has 87 valence electrons. The van der Waals surface area contributed by atoms with E-state index in [-0.39, 0.29) is 0 Å². The number of benzene rings is 1. The van der Waals surface area contributed by atoms with Crippen LogP contribution >= 0.6 is 0 Å². The van der Waals surface area contributed by atoms with Crippen LogP contribution < -0.4 is 4.74 Å². The second-order valence-electron chi connectivity index (χ2n) is 3.91. The molecule has 0 N–H and O–H groups in total. The fraction of sp³-hybridized carbons (Fsp3) is 0.462. The van der Waals surface area contributed by atoms with Crippen LogP contribution in [0.25, 0.3) is 0 Å². The van der Waals surface area contributed by atoms with Gasteiger partial charge in [-0.15, -0.1) is 0 Å². The van der Waals surface area contributed by atoms with Crippen molar-refractivity contribution in [3.8, 4) is 5.75 Å². The standard InChI is InChI=1S/C13H18NO2/c1-12-4-2-3-5-13(12)16-11-8-14-6-9-15-10-7-14/h2-5H,1,6-11H2. The van der Waals surface area contributed by atoms with Gasteiger partial charge in [0.1, 0.15) is 12.4 Å². The molecular formula is C13H18NO2. The van der Waals surface area contributed by atoms with E-state index >= 15 is 0 Å². The lowest BCUT2D eigenvalue weighted by Crippen LogP contribution is -2.38. The molecule has 3 nitrogen and oxygen atoms in total. The lowest BCUT2D eigenvalue weighted by Gasteiger charge is -2.26. The zero-order chi connectivity index (χ0) is 11.2. The van der Waals surface area contributed by atoms with Gasteiger partial charge in [-0.05, 0) is 18.6 Å². The predicted octanol–water partition coefficient (Wildman–Crippen LogP) is 1.58. The molecule has 1 radical (unpaired) electrons. The molecule has 0 amide bonds. The van der Waals surface area contributed by atoms with Crippen LogP contribution in [-0.4, -0.2) is 44.4 Å². The van der Waals surface area contributed by atoms with Gasteiger partial charge in [0.2, 0.25) is 0 Å². The molecule has 1 saturated heterocycles. The molecule has 0 bridgehead atoms. The molecule has 0 unspecified atom stereocenters. The average molecular weight is 220 g/mol. The van der Waals surface area contributed by atoms with Gasteiger partial charge in [-0.3, -0.25) is 4.90 Å². The summed E-state index contributed by atoms with van der Waals surface area (Å²) in [4.78, 5) is 2.36. The van der Waals surface area contributed by atoms with E-state index in [0.29, 0.717) is 6.61 Å². The SMILES string of the molecule is [CH2]c1ccccc1OCCN1CCOCC1. The Morgan fingerprint density at radius 1 is 1.25 bits per heavy atom. The molecule has 16 heavy (non-hydrogen) atoms. The van der Waals surface area contributed by atoms with Crippen LogP contribution in [0, 0.1) is 6.92 Å². The molecule has 0 aromatic heterocycles. The van der Waals surface area contributed by atoms with Gasteiger partial charge in [-0.25, -0.2) is 0 Å². The highest BCUT2D eigenvalue weighted by Gasteiger charge is 2.09. The van der Waals surface area contributed by atoms with Crippen LogP contribution in [0.15, 0.2) is 24.3 Å². The molecule has 0 atom stereocenters. The Balaban J connectivity index is 1.73. The monoisotopic (exact) mass is 220 g/mol. The molecule has 0 saturated carbocycles. The summed E-state index contributed by atoms with van der Waals surface area (Å²) in [7, 11) is 0. The third kappa shape index (κ3) is 3.22. The fourth-order valence-electron chi connectivity index (χ4n) is 1.75. The molecule has 1 aromatic carbocycles. The molecule has 0 aliphatic carbocycles. The second kappa shape index (κ2) is 5.87. The van der Waals surface area contributed by atoms with E-state index in [9.17, 15) is 0 Å². The maximum absolute atomic E-state index is 5.69. The number of rotatable bonds is 4. The van der Waals surface area contributed by atoms with E-state index in [1.165, 1.54) is 0 Å². The Morgan fingerprint density at radius 2 is 2.00 bits per heavy atom. The minimum atomic E-state index is 0.715. The van der Waals surface area contributed by atoms with Crippen LogP contribution in [-0.2, 0) is 4.74 Å². The number of hydrogen-bond donors (Lipinski definition) is 0. The average Bonchev–Trinajstić information content (AvgIpc) is 2.33. The van der Waals surface area contributed by atoms with Crippen molar-refractivity contribution in [2.24, 2.45) is 0 Å². The van der Waals surface area contributed by atoms with Crippen LogP contribution in [0.5, 0.6) is 5.75 Å². The first-order valence-electron chi connectivity index (χ1n) is 5.70. The molecule has 1 aromatic rings. The lowest BCUT2D eigenvalue weighted by atomic mass is 10.2. The Kier molecular flexibility index (Phi) is 4.19. The second-order valence-corrected chi connectivity index (χ2v) is 3.91. The quantitative estimate of drug-likeness (QED) is 0.769. The Labute approximate surface area is 97.0 Å². The van der Waals surface area contributed by atoms with Gasteiger partial charge in [0, 0.05) is 19.6 Å². The third-order valence-electron chi connectivity index (χ3n) is 2.74. The van der Waals surface area contributed by atoms with E-state index in [0.717, 1.165) is 44.2 Å². The van der Waals surface area contributed by atoms with Crippen molar-refractivity contribution in [3.05, 3.63) is 36.8 Å². The molecule has 2 rings (SSSR count). The highest BCUT2D eigenvalue weighted by molar-refractivity contribution is 5.35. The Morgan fingerprint density at radius 3 is 2.75 bits per heavy atom. The minimum absolute atomic E-state index is 0.715. The molecule has 1 fully saturated rings. The first-order valence-corrected chi connectivity index (χ1v) is 5.70. The summed E-state index contributed by atoms with van der Waals surface area (Å²) in [6.45, 7) is 9.30. The van der Waals surface area contributed by atoms with Crippen LogP contribution in [0.1, 0.15) is 5.56 Å². The van der Waals surface area contributed by atoms with Crippen molar-refractivity contribution in [3.63, 3.8) is 0 Å². The van der Waals surface area contributed by atoms with Crippen molar-refractivity contribution < 1.29 is 9.47 Å². The van der Waals surface area contributed by atoms with Gasteiger partial charge >= 0.3 is 0 Å². The zero-order valence-corrected chi connectivity index (χ0v) is 9.52. The van der Waals surface area contributed by atoms with E-state index in [1.54, 1.807) is 0 Å². The normalized spacial score (nSPS) is 17.3. The van der Waals surface area contributed by atoms with Crippen molar-refractivity contribution in [1.29, 1.82) is 0 Å². The molecule has 3 heteroatoms. The summed E-state index contributed by atoms with van der Waals surface area (Å²) >= 11 is 0. The third-order valence-corrected chi connectivity index (χ3v) is 2.74. The Hall–Kier alpha value is -1.06. The van der Waals surface area contributed by atoms with Crippen LogP contribution in [0.4, 0.5) is 0 Å². The highest BCUT2D eigenvalue weighted by Crippen LogP contribution is 2.15. The van der Waals surface area contributed by atoms with Crippen molar-refractivity contribution in [1.82, 2.24) is 4.90 Å². The zero-order valence-electron chi connectivity index (χ0n) is 9.52. The number of hydrogen-bond acceptors (Lipinski definition) is 3. The number of para-hydroxylation sites is 1. The van der Waals surface area contributed by atoms with Crippen molar-refractivity contribution in [2.45, 2.75) is 0 Å². The van der Waals surface area contributed by atoms with Gasteiger partial charge < -0.3 is 9.47 Å². The summed E-state index contributed by atoms with van der Waals surface area (Å²) in [6.07, 6.45) is 0. The maximum Gasteiger partial charge on any atom is 0.122 e. The number of nitrogens with zero attached hydrogens (tertiary/aromatic N) is 1. The van der Waals surface area contributed by atoms with E-state index < -0.39 is 0 Å². The molecular weight excluding hydrogens is 202 g/mol. The van der Waals surface area contributed by atoms with Crippen LogP contribution in [0.3, 0.4) is 0 Å². The van der Waals surface area contributed by atoms with E-state index in [4.69, 9.17) is 9.47 Å². The highest BCUT2D eigenvalue weighted by atomic mass is 16.5. The first kappa shape index (κ1) is 11.4. The van der Waals surface area contributed by atoms with Crippen molar-refractivity contribution in [2.75, 3.05) is 39.5 Å². The summed E-state index contributed by atoms with van der Waals surface area (Å²) in [5.41, 5.74) is 0.949. The van der Waals surface area contributed by atoms with Gasteiger partial charge in [0.05, 0.1) is 13.2 Å². The smallest absolute Gasteiger partial charge is 0.122 e. The molecule has 1 heterocycles. The number of ether oxygens (including phenoxy) is 2. The molecule has 1 aliphatic rings. The topological polar surface area (TPSA) is 21.7 Å². The summed E-state index contributed by atoms with van der Waals surface area (Å²) in [5.74, 6) is 0.885. The van der Waals surface area contributed by atoms with Gasteiger partial charge in [-0.2, -0.15) is 0 Å². The predicted molar refractivity (Wildman–Crippen MR) is 63.7 cm³/mol. The van der Waals surface area contributed by atoms with Crippen LogP contribution in [0.2, 0.25) is 0 Å². The van der Waals surface area contributed by atoms with E-state index in [1.807, 2.05) is 24.3 Å². The van der Waals surface area contributed by atoms with E-state index in [2.05, 4.69) is 11.8 Å². The summed E-state index contributed by atoms with van der Waals surface area (Å²) < 4.78 is 11.0. The largest absolute Gasteiger partial charge is 0.492 e. The molecule has 1 aliphatic heterocycles. The fourth-order valence-corrected chi connectivity index (χ4v) is 1.75. The minimum Gasteiger partial charge on any atom is -0.492 e. The molecule has 0 spiro atoms. The first-order chi connectivity index (χ1) is 7.86. The van der Waals surface area contributed by atoms with Gasteiger partial charge in [0.15, 0.2) is 0 Å². The Bertz CT molecular complexity index is 321.